The second-order valence-electron chi connectivity index (χ2n) is 4.16. The van der Waals surface area contributed by atoms with E-state index in [-0.39, 0.29) is 0 Å². The molecule has 0 radical (unpaired) electrons. The van der Waals surface area contributed by atoms with Gasteiger partial charge in [-0.25, -0.2) is 5.10 Å². The van der Waals surface area contributed by atoms with E-state index < -0.39 is 0 Å². The summed E-state index contributed by atoms with van der Waals surface area (Å²) in [5, 5.41) is 7.18. The molecule has 1 aromatic carbocycles. The summed E-state index contributed by atoms with van der Waals surface area (Å²) in [5.41, 5.74) is 2.32. The zero-order valence-corrected chi connectivity index (χ0v) is 10.5. The summed E-state index contributed by atoms with van der Waals surface area (Å²) in [6.45, 7) is 3.17. The standard InChI is InChI=1S/C12H14N4S/c1-2-3-8-15-9-6-4-5-7-10(9)16-11(15)13-14-12(16)17/h4-7H,2-3,8H2,1H3,(H,14,17). The minimum Gasteiger partial charge on any atom is -0.308 e. The Morgan fingerprint density at radius 1 is 1.29 bits per heavy atom. The van der Waals surface area contributed by atoms with E-state index in [4.69, 9.17) is 12.2 Å². The van der Waals surface area contributed by atoms with E-state index in [0.29, 0.717) is 4.77 Å². The molecule has 3 rings (SSSR count). The fourth-order valence-corrected chi connectivity index (χ4v) is 2.44. The number of aryl methyl sites for hydroxylation is 1. The monoisotopic (exact) mass is 246 g/mol. The molecule has 0 fully saturated rings. The van der Waals surface area contributed by atoms with Crippen LogP contribution in [0.4, 0.5) is 0 Å². The van der Waals surface area contributed by atoms with Crippen LogP contribution in [-0.4, -0.2) is 19.2 Å². The van der Waals surface area contributed by atoms with Crippen LogP contribution in [0.1, 0.15) is 19.8 Å². The topological polar surface area (TPSA) is 38.0 Å². The van der Waals surface area contributed by atoms with Crippen molar-refractivity contribution in [2.24, 2.45) is 0 Å². The third-order valence-electron chi connectivity index (χ3n) is 3.04. The Hall–Kier alpha value is -1.62. The van der Waals surface area contributed by atoms with Crippen molar-refractivity contribution in [1.82, 2.24) is 19.2 Å². The molecule has 4 nitrogen and oxygen atoms in total. The molecular formula is C12H14N4S. The zero-order chi connectivity index (χ0) is 11.8. The molecule has 0 spiro atoms. The number of imidazole rings is 1. The molecule has 2 aromatic heterocycles. The number of hydrogen-bond acceptors (Lipinski definition) is 2. The molecule has 0 saturated carbocycles. The predicted octanol–water partition coefficient (Wildman–Crippen LogP) is 3.15. The lowest BCUT2D eigenvalue weighted by atomic mass is 10.3. The molecule has 2 heterocycles. The van der Waals surface area contributed by atoms with E-state index in [2.05, 4.69) is 39.9 Å². The minimum absolute atomic E-state index is 0.659. The molecule has 5 heteroatoms. The summed E-state index contributed by atoms with van der Waals surface area (Å²) in [6.07, 6.45) is 2.32. The average Bonchev–Trinajstić information content (AvgIpc) is 2.86. The normalized spacial score (nSPS) is 11.6. The SMILES string of the molecule is CCCCn1c2ccccc2n2c(=S)[nH]nc12. The zero-order valence-electron chi connectivity index (χ0n) is 9.68. The van der Waals surface area contributed by atoms with Crippen LogP contribution >= 0.6 is 12.2 Å². The van der Waals surface area contributed by atoms with Crippen molar-refractivity contribution in [3.05, 3.63) is 29.0 Å². The van der Waals surface area contributed by atoms with Crippen LogP contribution in [-0.2, 0) is 6.54 Å². The lowest BCUT2D eigenvalue weighted by Crippen LogP contribution is -1.98. The molecule has 3 aromatic rings. The predicted molar refractivity (Wildman–Crippen MR) is 70.8 cm³/mol. The third-order valence-corrected chi connectivity index (χ3v) is 3.32. The molecule has 1 N–H and O–H groups in total. The van der Waals surface area contributed by atoms with Crippen molar-refractivity contribution in [3.8, 4) is 0 Å². The van der Waals surface area contributed by atoms with Crippen molar-refractivity contribution in [1.29, 1.82) is 0 Å². The van der Waals surface area contributed by atoms with E-state index in [1.807, 2.05) is 10.5 Å². The molecule has 0 aliphatic heterocycles. The van der Waals surface area contributed by atoms with Gasteiger partial charge in [0.25, 0.3) is 0 Å². The van der Waals surface area contributed by atoms with Crippen LogP contribution in [0, 0.1) is 4.77 Å². The number of fused-ring (bicyclic) bond motifs is 3. The van der Waals surface area contributed by atoms with Crippen LogP contribution in [0.5, 0.6) is 0 Å². The molecule has 0 bridgehead atoms. The third kappa shape index (κ3) is 1.50. The number of aromatic nitrogens is 4. The Balaban J connectivity index is 2.38. The Bertz CT molecular complexity index is 719. The fourth-order valence-electron chi connectivity index (χ4n) is 2.21. The number of H-pyrrole nitrogens is 1. The Kier molecular flexibility index (Phi) is 2.48. The highest BCUT2D eigenvalue weighted by molar-refractivity contribution is 7.71. The van der Waals surface area contributed by atoms with Gasteiger partial charge in [-0.3, -0.25) is 4.40 Å². The number of para-hydroxylation sites is 2. The van der Waals surface area contributed by atoms with Gasteiger partial charge >= 0.3 is 0 Å². The number of rotatable bonds is 3. The van der Waals surface area contributed by atoms with Crippen LogP contribution in [0.2, 0.25) is 0 Å². The van der Waals surface area contributed by atoms with Crippen LogP contribution in [0.25, 0.3) is 16.8 Å². The van der Waals surface area contributed by atoms with Gasteiger partial charge in [0.15, 0.2) is 0 Å². The number of aromatic amines is 1. The molecule has 0 atom stereocenters. The van der Waals surface area contributed by atoms with Gasteiger partial charge in [0.1, 0.15) is 0 Å². The van der Waals surface area contributed by atoms with E-state index >= 15 is 0 Å². The molecule has 0 aliphatic rings. The first-order chi connectivity index (χ1) is 8.33. The number of unbranched alkanes of at least 4 members (excludes halogenated alkanes) is 1. The Labute approximate surface area is 104 Å². The Morgan fingerprint density at radius 3 is 2.82 bits per heavy atom. The summed E-state index contributed by atoms with van der Waals surface area (Å²) in [6, 6.07) is 8.28. The van der Waals surface area contributed by atoms with Crippen LogP contribution in [0.15, 0.2) is 24.3 Å². The minimum atomic E-state index is 0.659. The van der Waals surface area contributed by atoms with Gasteiger partial charge in [-0.1, -0.05) is 25.5 Å². The highest BCUT2D eigenvalue weighted by Crippen LogP contribution is 2.20. The van der Waals surface area contributed by atoms with Crippen molar-refractivity contribution in [3.63, 3.8) is 0 Å². The van der Waals surface area contributed by atoms with Gasteiger partial charge < -0.3 is 4.57 Å². The van der Waals surface area contributed by atoms with E-state index in [1.54, 1.807) is 0 Å². The molecule has 0 unspecified atom stereocenters. The van der Waals surface area contributed by atoms with Crippen molar-refractivity contribution in [2.45, 2.75) is 26.3 Å². The quantitative estimate of drug-likeness (QED) is 0.721. The second kappa shape index (κ2) is 4.00. The van der Waals surface area contributed by atoms with Gasteiger partial charge in [0.05, 0.1) is 11.0 Å². The lowest BCUT2D eigenvalue weighted by molar-refractivity contribution is 0.656. The summed E-state index contributed by atoms with van der Waals surface area (Å²) in [4.78, 5) is 0. The first kappa shape index (κ1) is 10.5. The van der Waals surface area contributed by atoms with E-state index in [1.165, 1.54) is 11.9 Å². The average molecular weight is 246 g/mol. The first-order valence-corrected chi connectivity index (χ1v) is 6.28. The number of hydrogen-bond donors (Lipinski definition) is 1. The van der Waals surface area contributed by atoms with Gasteiger partial charge in [-0.2, -0.15) is 0 Å². The molecule has 88 valence electrons. The molecule has 0 aliphatic carbocycles. The second-order valence-corrected chi connectivity index (χ2v) is 4.54. The van der Waals surface area contributed by atoms with Crippen LogP contribution in [0.3, 0.4) is 0 Å². The van der Waals surface area contributed by atoms with Gasteiger partial charge in [0, 0.05) is 6.54 Å². The fraction of sp³-hybridized carbons (Fsp3) is 0.333. The maximum Gasteiger partial charge on any atom is 0.235 e. The molecule has 0 amide bonds. The summed E-state index contributed by atoms with van der Waals surface area (Å²) < 4.78 is 4.89. The van der Waals surface area contributed by atoms with Crippen LogP contribution < -0.4 is 0 Å². The first-order valence-electron chi connectivity index (χ1n) is 5.87. The molecule has 0 saturated heterocycles. The smallest absolute Gasteiger partial charge is 0.235 e. The van der Waals surface area contributed by atoms with Gasteiger partial charge in [-0.15, -0.1) is 5.10 Å². The van der Waals surface area contributed by atoms with Gasteiger partial charge in [0.2, 0.25) is 10.5 Å². The lowest BCUT2D eigenvalue weighted by Gasteiger charge is -2.02. The maximum atomic E-state index is 5.27. The van der Waals surface area contributed by atoms with E-state index in [0.717, 1.165) is 24.3 Å². The van der Waals surface area contributed by atoms with Gasteiger partial charge in [-0.05, 0) is 30.8 Å². The summed E-state index contributed by atoms with van der Waals surface area (Å²) in [5.74, 6) is 0.907. The van der Waals surface area contributed by atoms with Crippen molar-refractivity contribution >= 4 is 29.0 Å². The van der Waals surface area contributed by atoms with E-state index in [9.17, 15) is 0 Å². The Morgan fingerprint density at radius 2 is 2.06 bits per heavy atom. The number of nitrogens with zero attached hydrogens (tertiary/aromatic N) is 3. The van der Waals surface area contributed by atoms with Crippen molar-refractivity contribution < 1.29 is 0 Å². The summed E-state index contributed by atoms with van der Waals surface area (Å²) in [7, 11) is 0. The maximum absolute atomic E-state index is 5.27. The highest BCUT2D eigenvalue weighted by atomic mass is 32.1. The summed E-state index contributed by atoms with van der Waals surface area (Å²) >= 11 is 5.27. The molecule has 17 heavy (non-hydrogen) atoms. The highest BCUT2D eigenvalue weighted by Gasteiger charge is 2.11. The number of benzene rings is 1. The van der Waals surface area contributed by atoms with Crippen molar-refractivity contribution in [2.75, 3.05) is 0 Å². The molecular weight excluding hydrogens is 232 g/mol. The number of nitrogens with one attached hydrogen (secondary N) is 1. The largest absolute Gasteiger partial charge is 0.308 e.